The summed E-state index contributed by atoms with van der Waals surface area (Å²) < 4.78 is 26.5. The third-order valence-corrected chi connectivity index (χ3v) is 2.69. The van der Waals surface area contributed by atoms with Gasteiger partial charge in [-0.1, -0.05) is 6.07 Å². The Morgan fingerprint density at radius 1 is 1.10 bits per heavy atom. The molecule has 0 aromatic heterocycles. The van der Waals surface area contributed by atoms with E-state index in [9.17, 15) is 23.5 Å². The molecule has 0 saturated carbocycles. The molecule has 0 aliphatic heterocycles. The van der Waals surface area contributed by atoms with E-state index < -0.39 is 34.8 Å². The van der Waals surface area contributed by atoms with Crippen molar-refractivity contribution in [2.75, 3.05) is 5.32 Å². The van der Waals surface area contributed by atoms with Gasteiger partial charge >= 0.3 is 5.97 Å². The predicted octanol–water partition coefficient (Wildman–Crippen LogP) is 2.62. The lowest BCUT2D eigenvalue weighted by molar-refractivity contribution is 0.0696. The van der Waals surface area contributed by atoms with Gasteiger partial charge in [0.1, 0.15) is 5.75 Å². The van der Waals surface area contributed by atoms with Gasteiger partial charge in [0.05, 0.1) is 16.8 Å². The number of hydrogen-bond acceptors (Lipinski definition) is 3. The van der Waals surface area contributed by atoms with Gasteiger partial charge in [0.2, 0.25) is 0 Å². The zero-order valence-electron chi connectivity index (χ0n) is 10.4. The van der Waals surface area contributed by atoms with Crippen molar-refractivity contribution in [1.82, 2.24) is 0 Å². The molecule has 2 aromatic carbocycles. The number of aromatic carboxylic acids is 1. The second-order valence-corrected chi connectivity index (χ2v) is 4.09. The first-order valence-electron chi connectivity index (χ1n) is 5.72. The van der Waals surface area contributed by atoms with Crippen LogP contribution in [0.2, 0.25) is 0 Å². The Balaban J connectivity index is 2.28. The van der Waals surface area contributed by atoms with E-state index in [4.69, 9.17) is 5.11 Å². The van der Waals surface area contributed by atoms with E-state index in [0.717, 1.165) is 30.3 Å². The van der Waals surface area contributed by atoms with Crippen LogP contribution in [0.15, 0.2) is 36.4 Å². The summed E-state index contributed by atoms with van der Waals surface area (Å²) >= 11 is 0. The van der Waals surface area contributed by atoms with E-state index in [1.807, 2.05) is 0 Å². The second kappa shape index (κ2) is 5.58. The molecule has 108 valence electrons. The molecule has 5 nitrogen and oxygen atoms in total. The van der Waals surface area contributed by atoms with E-state index >= 15 is 0 Å². The van der Waals surface area contributed by atoms with Crippen LogP contribution in [0.4, 0.5) is 14.5 Å². The molecular formula is C14H9F2NO4. The van der Waals surface area contributed by atoms with Gasteiger partial charge in [0, 0.05) is 0 Å². The lowest BCUT2D eigenvalue weighted by Crippen LogP contribution is -2.14. The average Bonchev–Trinajstić information content (AvgIpc) is 2.43. The van der Waals surface area contributed by atoms with Gasteiger partial charge in [0.25, 0.3) is 5.91 Å². The number of phenols is 1. The van der Waals surface area contributed by atoms with Crippen LogP contribution in [0.5, 0.6) is 5.75 Å². The van der Waals surface area contributed by atoms with Crippen LogP contribution in [-0.4, -0.2) is 22.1 Å². The molecule has 0 aliphatic rings. The lowest BCUT2D eigenvalue weighted by Gasteiger charge is -2.08. The molecule has 1 amide bonds. The summed E-state index contributed by atoms with van der Waals surface area (Å²) in [6, 6.07) is 6.34. The van der Waals surface area contributed by atoms with Crippen molar-refractivity contribution in [1.29, 1.82) is 0 Å². The number of carbonyl (C=O) groups excluding carboxylic acids is 1. The van der Waals surface area contributed by atoms with Crippen molar-refractivity contribution in [2.45, 2.75) is 0 Å². The third-order valence-electron chi connectivity index (χ3n) is 2.69. The van der Waals surface area contributed by atoms with Gasteiger partial charge in [-0.05, 0) is 30.3 Å². The van der Waals surface area contributed by atoms with E-state index in [0.29, 0.717) is 0 Å². The maximum absolute atomic E-state index is 13.4. The van der Waals surface area contributed by atoms with Crippen LogP contribution in [0.1, 0.15) is 20.7 Å². The number of halogens is 2. The summed E-state index contributed by atoms with van der Waals surface area (Å²) in [6.07, 6.45) is 0. The number of aromatic hydroxyl groups is 1. The Morgan fingerprint density at radius 2 is 1.81 bits per heavy atom. The molecule has 0 aliphatic carbocycles. The highest BCUT2D eigenvalue weighted by molar-refractivity contribution is 6.05. The highest BCUT2D eigenvalue weighted by atomic mass is 19.2. The number of phenolic OH excluding ortho intramolecular Hbond substituents is 1. The average molecular weight is 293 g/mol. The Kier molecular flexibility index (Phi) is 3.84. The molecule has 0 atom stereocenters. The van der Waals surface area contributed by atoms with Gasteiger partial charge in [-0.3, -0.25) is 4.79 Å². The molecule has 3 N–H and O–H groups in total. The molecule has 0 fully saturated rings. The second-order valence-electron chi connectivity index (χ2n) is 4.09. The summed E-state index contributed by atoms with van der Waals surface area (Å²) in [5, 5.41) is 20.5. The van der Waals surface area contributed by atoms with Gasteiger partial charge in [-0.2, -0.15) is 0 Å². The van der Waals surface area contributed by atoms with Gasteiger partial charge in [0.15, 0.2) is 11.6 Å². The summed E-state index contributed by atoms with van der Waals surface area (Å²) in [5.74, 6) is -5.20. The molecule has 7 heteroatoms. The number of rotatable bonds is 3. The van der Waals surface area contributed by atoms with Crippen LogP contribution in [0.3, 0.4) is 0 Å². The fraction of sp³-hybridized carbons (Fsp3) is 0. The first-order chi connectivity index (χ1) is 9.90. The molecule has 2 rings (SSSR count). The number of hydrogen-bond donors (Lipinski definition) is 3. The molecular weight excluding hydrogens is 284 g/mol. The maximum atomic E-state index is 13.4. The highest BCUT2D eigenvalue weighted by Gasteiger charge is 2.17. The fourth-order valence-electron chi connectivity index (χ4n) is 1.64. The Morgan fingerprint density at radius 3 is 2.43 bits per heavy atom. The molecule has 0 unspecified atom stereocenters. The molecule has 0 heterocycles. The minimum Gasteiger partial charge on any atom is -0.506 e. The molecule has 0 spiro atoms. The standard InChI is InChI=1S/C14H9F2NO4/c15-9-3-1-2-8(12(9)16)13(19)17-10-5-4-7(14(20)21)6-11(10)18/h1-6,18H,(H,17,19)(H,20,21). The number of benzene rings is 2. The molecule has 0 radical (unpaired) electrons. The quantitative estimate of drug-likeness (QED) is 0.759. The number of carboxylic acids is 1. The zero-order chi connectivity index (χ0) is 15.6. The first kappa shape index (κ1) is 14.4. The Bertz CT molecular complexity index is 731. The summed E-state index contributed by atoms with van der Waals surface area (Å²) in [6.45, 7) is 0. The third kappa shape index (κ3) is 2.97. The van der Waals surface area contributed by atoms with E-state index in [1.54, 1.807) is 0 Å². The minimum absolute atomic E-state index is 0.117. The van der Waals surface area contributed by atoms with Crippen molar-refractivity contribution in [2.24, 2.45) is 0 Å². The van der Waals surface area contributed by atoms with Crippen LogP contribution >= 0.6 is 0 Å². The van der Waals surface area contributed by atoms with Crippen LogP contribution in [-0.2, 0) is 0 Å². The van der Waals surface area contributed by atoms with Gasteiger partial charge < -0.3 is 15.5 Å². The Labute approximate surface area is 117 Å². The number of nitrogens with one attached hydrogen (secondary N) is 1. The van der Waals surface area contributed by atoms with Gasteiger partial charge in [-0.15, -0.1) is 0 Å². The van der Waals surface area contributed by atoms with Crippen molar-refractivity contribution >= 4 is 17.6 Å². The van der Waals surface area contributed by atoms with E-state index in [2.05, 4.69) is 5.32 Å². The molecule has 2 aromatic rings. The van der Waals surface area contributed by atoms with Crippen molar-refractivity contribution in [3.8, 4) is 5.75 Å². The normalized spacial score (nSPS) is 10.2. The summed E-state index contributed by atoms with van der Waals surface area (Å²) in [7, 11) is 0. The topological polar surface area (TPSA) is 86.6 Å². The van der Waals surface area contributed by atoms with Crippen LogP contribution in [0.25, 0.3) is 0 Å². The van der Waals surface area contributed by atoms with Crippen molar-refractivity contribution in [3.63, 3.8) is 0 Å². The maximum Gasteiger partial charge on any atom is 0.335 e. The molecule has 21 heavy (non-hydrogen) atoms. The summed E-state index contributed by atoms with van der Waals surface area (Å²) in [4.78, 5) is 22.5. The lowest BCUT2D eigenvalue weighted by atomic mass is 10.1. The highest BCUT2D eigenvalue weighted by Crippen LogP contribution is 2.25. The minimum atomic E-state index is -1.31. The van der Waals surface area contributed by atoms with Crippen molar-refractivity contribution < 1.29 is 28.6 Å². The molecule has 0 saturated heterocycles. The number of carbonyl (C=O) groups is 2. The number of carboxylic acid groups (broad SMARTS) is 1. The van der Waals surface area contributed by atoms with Crippen molar-refractivity contribution in [3.05, 3.63) is 59.2 Å². The van der Waals surface area contributed by atoms with E-state index in [1.165, 1.54) is 6.07 Å². The SMILES string of the molecule is O=C(O)c1ccc(NC(=O)c2cccc(F)c2F)c(O)c1. The molecule has 0 bridgehead atoms. The summed E-state index contributed by atoms with van der Waals surface area (Å²) in [5.41, 5.74) is -0.826. The largest absolute Gasteiger partial charge is 0.506 e. The first-order valence-corrected chi connectivity index (χ1v) is 5.72. The predicted molar refractivity (Wildman–Crippen MR) is 69.4 cm³/mol. The fourth-order valence-corrected chi connectivity index (χ4v) is 1.64. The monoisotopic (exact) mass is 293 g/mol. The van der Waals surface area contributed by atoms with Crippen LogP contribution < -0.4 is 5.32 Å². The Hall–Kier alpha value is -2.96. The zero-order valence-corrected chi connectivity index (χ0v) is 10.4. The van der Waals surface area contributed by atoms with Crippen LogP contribution in [0, 0.1) is 11.6 Å². The number of amides is 1. The smallest absolute Gasteiger partial charge is 0.335 e. The number of anilines is 1. The van der Waals surface area contributed by atoms with Gasteiger partial charge in [-0.25, -0.2) is 13.6 Å². The van der Waals surface area contributed by atoms with E-state index in [-0.39, 0.29) is 11.3 Å².